The van der Waals surface area contributed by atoms with Crippen LogP contribution in [-0.4, -0.2) is 33.0 Å². The molecule has 1 saturated heterocycles. The van der Waals surface area contributed by atoms with Crippen molar-refractivity contribution in [2.45, 2.75) is 17.7 Å². The number of nitriles is 1. The molecule has 0 amide bonds. The average Bonchev–Trinajstić information content (AvgIpc) is 2.91. The zero-order valence-electron chi connectivity index (χ0n) is 10.9. The highest BCUT2D eigenvalue weighted by molar-refractivity contribution is 7.89. The van der Waals surface area contributed by atoms with Crippen LogP contribution in [0, 0.1) is 17.2 Å². The molecule has 0 bridgehead atoms. The van der Waals surface area contributed by atoms with E-state index in [1.165, 1.54) is 18.3 Å². The number of pyridine rings is 1. The standard InChI is InChI=1S/C12H16N4O2S.ClH/c13-8-11-12(2-1-5-15-11)19(17,18)16-7-4-10-3-6-14-9-10;/h1-2,5,10,14,16H,3-4,6-7,9H2;1H. The second-order valence-corrected chi connectivity index (χ2v) is 6.24. The van der Waals surface area contributed by atoms with Gasteiger partial charge in [-0.05, 0) is 44.0 Å². The molecule has 1 unspecified atom stereocenters. The summed E-state index contributed by atoms with van der Waals surface area (Å²) in [5.41, 5.74) is -0.0717. The van der Waals surface area contributed by atoms with E-state index in [1.807, 2.05) is 0 Å². The summed E-state index contributed by atoms with van der Waals surface area (Å²) >= 11 is 0. The van der Waals surface area contributed by atoms with Gasteiger partial charge in [-0.3, -0.25) is 0 Å². The Morgan fingerprint density at radius 3 is 3.00 bits per heavy atom. The SMILES string of the molecule is Cl.N#Cc1ncccc1S(=O)(=O)NCCC1CCNC1. The maximum absolute atomic E-state index is 12.1. The van der Waals surface area contributed by atoms with Gasteiger partial charge in [0.05, 0.1) is 0 Å². The second kappa shape index (κ2) is 7.55. The summed E-state index contributed by atoms with van der Waals surface area (Å²) in [7, 11) is -3.65. The van der Waals surface area contributed by atoms with Crippen molar-refractivity contribution in [1.82, 2.24) is 15.0 Å². The van der Waals surface area contributed by atoms with Crippen LogP contribution in [0.2, 0.25) is 0 Å². The lowest BCUT2D eigenvalue weighted by atomic mass is 10.1. The maximum atomic E-state index is 12.1. The highest BCUT2D eigenvalue weighted by Crippen LogP contribution is 2.14. The molecule has 6 nitrogen and oxygen atoms in total. The number of sulfonamides is 1. The average molecular weight is 317 g/mol. The molecule has 0 aromatic carbocycles. The number of hydrogen-bond donors (Lipinski definition) is 2. The van der Waals surface area contributed by atoms with Crippen LogP contribution in [0.25, 0.3) is 0 Å². The Balaban J connectivity index is 0.00000200. The van der Waals surface area contributed by atoms with E-state index in [-0.39, 0.29) is 23.0 Å². The van der Waals surface area contributed by atoms with Crippen LogP contribution >= 0.6 is 12.4 Å². The first-order valence-electron chi connectivity index (χ1n) is 6.19. The van der Waals surface area contributed by atoms with Crippen LogP contribution in [0.15, 0.2) is 23.2 Å². The summed E-state index contributed by atoms with van der Waals surface area (Å²) < 4.78 is 26.7. The quantitative estimate of drug-likeness (QED) is 0.832. The van der Waals surface area contributed by atoms with Gasteiger partial charge in [0.1, 0.15) is 11.0 Å². The van der Waals surface area contributed by atoms with Crippen LogP contribution in [-0.2, 0) is 10.0 Å². The molecule has 2 heterocycles. The van der Waals surface area contributed by atoms with Gasteiger partial charge in [-0.15, -0.1) is 12.4 Å². The Kier molecular flexibility index (Phi) is 6.36. The molecule has 20 heavy (non-hydrogen) atoms. The third-order valence-corrected chi connectivity index (χ3v) is 4.67. The highest BCUT2D eigenvalue weighted by Gasteiger charge is 2.20. The molecule has 1 fully saturated rings. The van der Waals surface area contributed by atoms with Crippen molar-refractivity contribution in [3.8, 4) is 6.07 Å². The van der Waals surface area contributed by atoms with Crippen molar-refractivity contribution in [2.75, 3.05) is 19.6 Å². The largest absolute Gasteiger partial charge is 0.316 e. The molecule has 1 aromatic rings. The monoisotopic (exact) mass is 316 g/mol. The van der Waals surface area contributed by atoms with Crippen LogP contribution in [0.4, 0.5) is 0 Å². The van der Waals surface area contributed by atoms with E-state index < -0.39 is 10.0 Å². The van der Waals surface area contributed by atoms with Gasteiger partial charge in [0.25, 0.3) is 0 Å². The normalized spacial score (nSPS) is 18.2. The molecular weight excluding hydrogens is 300 g/mol. The Bertz CT molecular complexity index is 579. The van der Waals surface area contributed by atoms with E-state index in [4.69, 9.17) is 5.26 Å². The molecular formula is C12H17ClN4O2S. The number of aromatic nitrogens is 1. The highest BCUT2D eigenvalue weighted by atomic mass is 35.5. The first-order valence-corrected chi connectivity index (χ1v) is 7.67. The molecule has 2 rings (SSSR count). The third kappa shape index (κ3) is 4.15. The molecule has 0 radical (unpaired) electrons. The van der Waals surface area contributed by atoms with Gasteiger partial charge in [-0.1, -0.05) is 0 Å². The van der Waals surface area contributed by atoms with Crippen molar-refractivity contribution in [1.29, 1.82) is 5.26 Å². The topological polar surface area (TPSA) is 94.9 Å². The first-order chi connectivity index (χ1) is 9.13. The molecule has 2 N–H and O–H groups in total. The molecule has 1 aromatic heterocycles. The van der Waals surface area contributed by atoms with Crippen molar-refractivity contribution in [3.05, 3.63) is 24.0 Å². The minimum atomic E-state index is -3.65. The predicted octanol–water partition coefficient (Wildman–Crippen LogP) is 0.653. The molecule has 1 aliphatic rings. The van der Waals surface area contributed by atoms with Crippen molar-refractivity contribution in [2.24, 2.45) is 5.92 Å². The minimum absolute atomic E-state index is 0. The van der Waals surface area contributed by atoms with Crippen LogP contribution < -0.4 is 10.0 Å². The van der Waals surface area contributed by atoms with E-state index in [1.54, 1.807) is 6.07 Å². The fourth-order valence-electron chi connectivity index (χ4n) is 2.13. The number of hydrogen-bond acceptors (Lipinski definition) is 5. The second-order valence-electron chi connectivity index (χ2n) is 4.51. The Labute approximate surface area is 125 Å². The summed E-state index contributed by atoms with van der Waals surface area (Å²) in [5.74, 6) is 0.520. The molecule has 110 valence electrons. The lowest BCUT2D eigenvalue weighted by Gasteiger charge is -2.10. The molecule has 8 heteroatoms. The summed E-state index contributed by atoms with van der Waals surface area (Å²) in [4.78, 5) is 3.71. The van der Waals surface area contributed by atoms with Crippen molar-refractivity contribution < 1.29 is 8.42 Å². The van der Waals surface area contributed by atoms with Gasteiger partial charge in [-0.25, -0.2) is 18.1 Å². The van der Waals surface area contributed by atoms with E-state index in [9.17, 15) is 8.42 Å². The lowest BCUT2D eigenvalue weighted by Crippen LogP contribution is -2.27. The predicted molar refractivity (Wildman–Crippen MR) is 77.0 cm³/mol. The van der Waals surface area contributed by atoms with Crippen LogP contribution in [0.3, 0.4) is 0 Å². The summed E-state index contributed by atoms with van der Waals surface area (Å²) in [5, 5.41) is 12.1. The van der Waals surface area contributed by atoms with E-state index in [0.717, 1.165) is 25.9 Å². The third-order valence-electron chi connectivity index (χ3n) is 3.17. The lowest BCUT2D eigenvalue weighted by molar-refractivity contribution is 0.519. The number of nitrogens with zero attached hydrogens (tertiary/aromatic N) is 2. The van der Waals surface area contributed by atoms with Crippen LogP contribution in [0.1, 0.15) is 18.5 Å². The fraction of sp³-hybridized carbons (Fsp3) is 0.500. The summed E-state index contributed by atoms with van der Waals surface area (Å²) in [6, 6.07) is 4.70. The number of nitrogens with one attached hydrogen (secondary N) is 2. The van der Waals surface area contributed by atoms with Crippen LogP contribution in [0.5, 0.6) is 0 Å². The Hall–Kier alpha value is -1.20. The molecule has 1 atom stereocenters. The zero-order valence-corrected chi connectivity index (χ0v) is 12.5. The van der Waals surface area contributed by atoms with E-state index in [0.29, 0.717) is 12.5 Å². The van der Waals surface area contributed by atoms with Gasteiger partial charge >= 0.3 is 0 Å². The van der Waals surface area contributed by atoms with E-state index in [2.05, 4.69) is 15.0 Å². The van der Waals surface area contributed by atoms with Gasteiger partial charge < -0.3 is 5.32 Å². The Morgan fingerprint density at radius 2 is 2.35 bits per heavy atom. The van der Waals surface area contributed by atoms with Gasteiger partial charge in [0.2, 0.25) is 10.0 Å². The number of rotatable bonds is 5. The summed E-state index contributed by atoms with van der Waals surface area (Å²) in [6.07, 6.45) is 3.29. The van der Waals surface area contributed by atoms with Crippen molar-refractivity contribution in [3.63, 3.8) is 0 Å². The molecule has 0 spiro atoms. The molecule has 1 aliphatic heterocycles. The molecule has 0 saturated carbocycles. The number of halogens is 1. The first kappa shape index (κ1) is 16.9. The van der Waals surface area contributed by atoms with E-state index >= 15 is 0 Å². The maximum Gasteiger partial charge on any atom is 0.243 e. The smallest absolute Gasteiger partial charge is 0.243 e. The minimum Gasteiger partial charge on any atom is -0.316 e. The van der Waals surface area contributed by atoms with Gasteiger partial charge in [0, 0.05) is 12.7 Å². The Morgan fingerprint density at radius 1 is 1.55 bits per heavy atom. The van der Waals surface area contributed by atoms with Gasteiger partial charge in [0.15, 0.2) is 5.69 Å². The summed E-state index contributed by atoms with van der Waals surface area (Å²) in [6.45, 7) is 2.32. The van der Waals surface area contributed by atoms with Gasteiger partial charge in [-0.2, -0.15) is 5.26 Å². The zero-order chi connectivity index (χ0) is 13.7. The van der Waals surface area contributed by atoms with Crippen molar-refractivity contribution >= 4 is 22.4 Å². The molecule has 0 aliphatic carbocycles. The fourth-order valence-corrected chi connectivity index (χ4v) is 3.28.